The van der Waals surface area contributed by atoms with Crippen LogP contribution in [0.5, 0.6) is 0 Å². The van der Waals surface area contributed by atoms with Crippen LogP contribution >= 0.6 is 0 Å². The third-order valence-electron chi connectivity index (χ3n) is 6.56. The molecule has 0 saturated carbocycles. The molecule has 0 spiro atoms. The summed E-state index contributed by atoms with van der Waals surface area (Å²) in [6.45, 7) is 1.49. The first-order chi connectivity index (χ1) is 18.7. The lowest BCUT2D eigenvalue weighted by Gasteiger charge is -2.26. The quantitative estimate of drug-likeness (QED) is 0.293. The number of benzene rings is 3. The zero-order valence-electron chi connectivity index (χ0n) is 21.1. The first-order valence-corrected chi connectivity index (χ1v) is 12.7. The van der Waals surface area contributed by atoms with Crippen LogP contribution in [-0.2, 0) is 38.8 Å². The van der Waals surface area contributed by atoms with Gasteiger partial charge in [-0.25, -0.2) is 0 Å². The molecule has 0 unspecified atom stereocenters. The fourth-order valence-corrected chi connectivity index (χ4v) is 4.67. The number of aromatic nitrogens is 1. The molecular weight excluding hydrogens is 480 g/mol. The number of carbonyl (C=O) groups is 1. The van der Waals surface area contributed by atoms with Gasteiger partial charge in [0.1, 0.15) is 24.0 Å². The van der Waals surface area contributed by atoms with Crippen molar-refractivity contribution in [1.29, 1.82) is 0 Å². The van der Waals surface area contributed by atoms with E-state index in [1.54, 1.807) is 22.9 Å². The van der Waals surface area contributed by atoms with Crippen molar-refractivity contribution < 1.29 is 23.7 Å². The fraction of sp³-hybridized carbons (Fsp3) is 0.258. The molecule has 3 aromatic carbocycles. The maximum Gasteiger partial charge on any atom is 0.265 e. The molecule has 0 aliphatic carbocycles. The lowest BCUT2D eigenvalue weighted by atomic mass is 10.1. The van der Waals surface area contributed by atoms with Crippen LogP contribution in [0.4, 0.5) is 0 Å². The van der Waals surface area contributed by atoms with E-state index in [4.69, 9.17) is 24.7 Å². The SMILES string of the molecule is NC(=O)c1cccn1[C@@H]1O[C@H](COCc2ccccc2)[C@@H](OCc2ccccc2)[C@@H]1OCc1ccccc1. The van der Waals surface area contributed by atoms with Gasteiger partial charge in [0.05, 0.1) is 26.4 Å². The minimum Gasteiger partial charge on any atom is -0.374 e. The van der Waals surface area contributed by atoms with Gasteiger partial charge in [-0.15, -0.1) is 0 Å². The van der Waals surface area contributed by atoms with Crippen LogP contribution < -0.4 is 5.73 Å². The molecule has 2 heterocycles. The molecule has 4 atom stereocenters. The molecule has 4 aromatic rings. The van der Waals surface area contributed by atoms with Crippen molar-refractivity contribution >= 4 is 5.91 Å². The van der Waals surface area contributed by atoms with E-state index in [1.165, 1.54) is 0 Å². The van der Waals surface area contributed by atoms with Crippen molar-refractivity contribution in [3.8, 4) is 0 Å². The highest BCUT2D eigenvalue weighted by Crippen LogP contribution is 2.36. The predicted molar refractivity (Wildman–Crippen MR) is 143 cm³/mol. The number of carbonyl (C=O) groups excluding carboxylic acids is 1. The Kier molecular flexibility index (Phi) is 8.63. The standard InChI is InChI=1S/C31H32N2O5/c32-30(34)26-17-10-18-33(26)31-29(37-21-25-15-8-3-9-16-25)28(36-20-24-13-6-2-7-14-24)27(38-31)22-35-19-23-11-4-1-5-12-23/h1-18,27-29,31H,19-22H2,(H2,32,34)/t27-,28-,29+,31-/m1/s1. The van der Waals surface area contributed by atoms with Gasteiger partial charge in [-0.1, -0.05) is 91.0 Å². The van der Waals surface area contributed by atoms with E-state index < -0.39 is 30.4 Å². The van der Waals surface area contributed by atoms with Crippen LogP contribution in [0.15, 0.2) is 109 Å². The zero-order valence-corrected chi connectivity index (χ0v) is 21.1. The highest BCUT2D eigenvalue weighted by atomic mass is 16.6. The Labute approximate surface area is 222 Å². The van der Waals surface area contributed by atoms with Crippen molar-refractivity contribution in [3.05, 3.63) is 132 Å². The molecule has 1 aromatic heterocycles. The van der Waals surface area contributed by atoms with Gasteiger partial charge in [0.2, 0.25) is 0 Å². The summed E-state index contributed by atoms with van der Waals surface area (Å²) < 4.78 is 27.3. The van der Waals surface area contributed by atoms with Crippen LogP contribution in [0.25, 0.3) is 0 Å². The molecule has 1 amide bonds. The predicted octanol–water partition coefficient (Wildman–Crippen LogP) is 4.87. The minimum absolute atomic E-state index is 0.295. The third-order valence-corrected chi connectivity index (χ3v) is 6.56. The second-order valence-corrected chi connectivity index (χ2v) is 9.25. The first-order valence-electron chi connectivity index (χ1n) is 12.7. The second-order valence-electron chi connectivity index (χ2n) is 9.25. The second kappa shape index (κ2) is 12.7. The Morgan fingerprint density at radius 1 is 0.711 bits per heavy atom. The summed E-state index contributed by atoms with van der Waals surface area (Å²) in [5, 5.41) is 0. The van der Waals surface area contributed by atoms with Crippen LogP contribution in [0.3, 0.4) is 0 Å². The van der Waals surface area contributed by atoms with Gasteiger partial charge in [-0.2, -0.15) is 0 Å². The van der Waals surface area contributed by atoms with Crippen LogP contribution in [0.2, 0.25) is 0 Å². The van der Waals surface area contributed by atoms with Crippen LogP contribution in [0.1, 0.15) is 33.4 Å². The van der Waals surface area contributed by atoms with E-state index in [1.807, 2.05) is 91.0 Å². The summed E-state index contributed by atoms with van der Waals surface area (Å²) in [5.41, 5.74) is 9.16. The van der Waals surface area contributed by atoms with Crippen molar-refractivity contribution in [2.24, 2.45) is 5.73 Å². The van der Waals surface area contributed by atoms with E-state index in [0.29, 0.717) is 32.1 Å². The van der Waals surface area contributed by atoms with Crippen molar-refractivity contribution in [2.75, 3.05) is 6.61 Å². The molecule has 1 aliphatic heterocycles. The van der Waals surface area contributed by atoms with E-state index in [0.717, 1.165) is 16.7 Å². The lowest BCUT2D eigenvalue weighted by molar-refractivity contribution is -0.0917. The molecule has 1 saturated heterocycles. The molecule has 0 bridgehead atoms. The summed E-state index contributed by atoms with van der Waals surface area (Å²) in [4.78, 5) is 12.2. The summed E-state index contributed by atoms with van der Waals surface area (Å²) in [6.07, 6.45) is -0.248. The Morgan fingerprint density at radius 2 is 1.24 bits per heavy atom. The van der Waals surface area contributed by atoms with E-state index >= 15 is 0 Å². The number of amides is 1. The highest BCUT2D eigenvalue weighted by Gasteiger charge is 2.48. The number of hydrogen-bond acceptors (Lipinski definition) is 5. The monoisotopic (exact) mass is 512 g/mol. The van der Waals surface area contributed by atoms with Gasteiger partial charge in [-0.3, -0.25) is 4.79 Å². The maximum absolute atomic E-state index is 12.2. The molecule has 0 radical (unpaired) electrons. The molecule has 1 aliphatic rings. The molecule has 1 fully saturated rings. The summed E-state index contributed by atoms with van der Waals surface area (Å²) in [6, 6.07) is 33.3. The topological polar surface area (TPSA) is 84.9 Å². The van der Waals surface area contributed by atoms with E-state index in [2.05, 4.69) is 0 Å². The molecule has 7 nitrogen and oxygen atoms in total. The smallest absolute Gasteiger partial charge is 0.265 e. The van der Waals surface area contributed by atoms with Gasteiger partial charge in [0, 0.05) is 6.20 Å². The van der Waals surface area contributed by atoms with E-state index in [-0.39, 0.29) is 0 Å². The van der Waals surface area contributed by atoms with Gasteiger partial charge >= 0.3 is 0 Å². The van der Waals surface area contributed by atoms with E-state index in [9.17, 15) is 4.79 Å². The normalized spacial score (nSPS) is 20.9. The van der Waals surface area contributed by atoms with Crippen molar-refractivity contribution in [1.82, 2.24) is 4.57 Å². The number of primary amides is 1. The minimum atomic E-state index is -0.623. The molecule has 38 heavy (non-hydrogen) atoms. The number of ether oxygens (including phenoxy) is 4. The van der Waals surface area contributed by atoms with Gasteiger partial charge in [-0.05, 0) is 28.8 Å². The summed E-state index contributed by atoms with van der Waals surface area (Å²) in [5.74, 6) is -0.536. The zero-order chi connectivity index (χ0) is 26.2. The van der Waals surface area contributed by atoms with Gasteiger partial charge in [0.25, 0.3) is 5.91 Å². The molecule has 2 N–H and O–H groups in total. The Balaban J connectivity index is 1.40. The largest absolute Gasteiger partial charge is 0.374 e. The van der Waals surface area contributed by atoms with Crippen LogP contribution in [0, 0.1) is 0 Å². The number of rotatable bonds is 12. The van der Waals surface area contributed by atoms with Crippen molar-refractivity contribution in [3.63, 3.8) is 0 Å². The Hall–Kier alpha value is -3.75. The first kappa shape index (κ1) is 25.9. The summed E-state index contributed by atoms with van der Waals surface area (Å²) in [7, 11) is 0. The maximum atomic E-state index is 12.2. The summed E-state index contributed by atoms with van der Waals surface area (Å²) >= 11 is 0. The van der Waals surface area contributed by atoms with Crippen LogP contribution in [-0.4, -0.2) is 35.4 Å². The average Bonchev–Trinajstić information content (AvgIpc) is 3.57. The van der Waals surface area contributed by atoms with Gasteiger partial charge < -0.3 is 29.2 Å². The molecular formula is C31H32N2O5. The molecule has 5 rings (SSSR count). The Bertz CT molecular complexity index is 1280. The fourth-order valence-electron chi connectivity index (χ4n) is 4.67. The molecule has 7 heteroatoms. The highest BCUT2D eigenvalue weighted by molar-refractivity contribution is 5.91. The lowest BCUT2D eigenvalue weighted by Crippen LogP contribution is -2.38. The average molecular weight is 513 g/mol. The molecule has 196 valence electrons. The number of nitrogens with two attached hydrogens (primary N) is 1. The van der Waals surface area contributed by atoms with Crippen molar-refractivity contribution in [2.45, 2.75) is 44.4 Å². The number of hydrogen-bond donors (Lipinski definition) is 1. The third kappa shape index (κ3) is 6.38. The Morgan fingerprint density at radius 3 is 1.79 bits per heavy atom. The number of nitrogens with zero attached hydrogens (tertiary/aromatic N) is 1. The van der Waals surface area contributed by atoms with Gasteiger partial charge in [0.15, 0.2) is 6.23 Å².